The number of terminal acetylenes is 1. The average Bonchev–Trinajstić information content (AvgIpc) is 1.99. The van der Waals surface area contributed by atoms with E-state index in [1.807, 2.05) is 6.08 Å². The van der Waals surface area contributed by atoms with Crippen LogP contribution in [0.15, 0.2) is 12.7 Å². The number of rotatable bonds is 5. The molecule has 0 fully saturated rings. The molecule has 0 saturated carbocycles. The lowest BCUT2D eigenvalue weighted by Crippen LogP contribution is -2.20. The standard InChI is InChI=1S/C10H16O/c1-4-6-7-8-9-10(3,11)5-2/h2,4,11H,1,6-9H2,3H3. The maximum absolute atomic E-state index is 9.36. The summed E-state index contributed by atoms with van der Waals surface area (Å²) in [6.45, 7) is 5.28. The lowest BCUT2D eigenvalue weighted by Gasteiger charge is -2.14. The molecule has 0 aliphatic rings. The SMILES string of the molecule is C#CC(C)(O)CCCCC=C. The number of aliphatic hydroxyl groups is 1. The topological polar surface area (TPSA) is 20.2 Å². The number of hydrogen-bond acceptors (Lipinski definition) is 1. The van der Waals surface area contributed by atoms with Crippen LogP contribution in [0.4, 0.5) is 0 Å². The Bertz CT molecular complexity index is 151. The molecule has 1 unspecified atom stereocenters. The van der Waals surface area contributed by atoms with Gasteiger partial charge in [-0.25, -0.2) is 0 Å². The van der Waals surface area contributed by atoms with Gasteiger partial charge in [-0.1, -0.05) is 12.0 Å². The Morgan fingerprint density at radius 1 is 1.64 bits per heavy atom. The minimum atomic E-state index is -0.916. The third kappa shape index (κ3) is 5.69. The van der Waals surface area contributed by atoms with Crippen molar-refractivity contribution in [3.63, 3.8) is 0 Å². The van der Waals surface area contributed by atoms with Crippen LogP contribution in [0.3, 0.4) is 0 Å². The summed E-state index contributed by atoms with van der Waals surface area (Å²) in [5, 5.41) is 9.36. The highest BCUT2D eigenvalue weighted by Gasteiger charge is 2.14. The van der Waals surface area contributed by atoms with Crippen molar-refractivity contribution in [3.05, 3.63) is 12.7 Å². The molecule has 62 valence electrons. The molecule has 1 heteroatoms. The third-order valence-corrected chi connectivity index (χ3v) is 1.63. The predicted molar refractivity (Wildman–Crippen MR) is 48.1 cm³/mol. The number of allylic oxidation sites excluding steroid dienone is 1. The normalized spacial score (nSPS) is 15.0. The molecule has 0 saturated heterocycles. The Morgan fingerprint density at radius 3 is 2.73 bits per heavy atom. The second-order valence-electron chi connectivity index (χ2n) is 2.95. The largest absolute Gasteiger partial charge is 0.378 e. The van der Waals surface area contributed by atoms with Gasteiger partial charge in [0.1, 0.15) is 5.60 Å². The molecule has 0 spiro atoms. The zero-order chi connectivity index (χ0) is 8.74. The van der Waals surface area contributed by atoms with Gasteiger partial charge in [-0.3, -0.25) is 0 Å². The van der Waals surface area contributed by atoms with E-state index in [-0.39, 0.29) is 0 Å². The molecule has 0 rings (SSSR count). The molecule has 0 aliphatic heterocycles. The minimum absolute atomic E-state index is 0.678. The molecule has 0 aromatic carbocycles. The molecule has 1 atom stereocenters. The zero-order valence-corrected chi connectivity index (χ0v) is 7.14. The Kier molecular flexibility index (Phi) is 4.65. The van der Waals surface area contributed by atoms with Crippen molar-refractivity contribution >= 4 is 0 Å². The van der Waals surface area contributed by atoms with Crippen LogP contribution in [-0.4, -0.2) is 10.7 Å². The molecule has 0 aliphatic carbocycles. The predicted octanol–water partition coefficient (Wildman–Crippen LogP) is 2.12. The Balaban J connectivity index is 3.39. The van der Waals surface area contributed by atoms with Crippen molar-refractivity contribution in [3.8, 4) is 12.3 Å². The Labute approximate surface area is 69.1 Å². The van der Waals surface area contributed by atoms with E-state index >= 15 is 0 Å². The summed E-state index contributed by atoms with van der Waals surface area (Å²) in [5.41, 5.74) is -0.916. The van der Waals surface area contributed by atoms with Gasteiger partial charge < -0.3 is 5.11 Å². The van der Waals surface area contributed by atoms with Gasteiger partial charge in [0.05, 0.1) is 0 Å². The van der Waals surface area contributed by atoms with E-state index in [2.05, 4.69) is 12.5 Å². The van der Waals surface area contributed by atoms with Gasteiger partial charge in [0.15, 0.2) is 0 Å². The molecule has 1 N–H and O–H groups in total. The fourth-order valence-corrected chi connectivity index (χ4v) is 0.830. The van der Waals surface area contributed by atoms with Crippen molar-refractivity contribution in [1.82, 2.24) is 0 Å². The van der Waals surface area contributed by atoms with Crippen LogP contribution >= 0.6 is 0 Å². The zero-order valence-electron chi connectivity index (χ0n) is 7.14. The van der Waals surface area contributed by atoms with Gasteiger partial charge in [0.25, 0.3) is 0 Å². The molecule has 0 aromatic heterocycles. The molecule has 0 heterocycles. The van der Waals surface area contributed by atoms with Crippen molar-refractivity contribution < 1.29 is 5.11 Å². The van der Waals surface area contributed by atoms with Gasteiger partial charge in [-0.05, 0) is 32.6 Å². The second-order valence-corrected chi connectivity index (χ2v) is 2.95. The molecular formula is C10H16O. The summed E-state index contributed by atoms with van der Waals surface area (Å²) >= 11 is 0. The van der Waals surface area contributed by atoms with Crippen LogP contribution < -0.4 is 0 Å². The van der Waals surface area contributed by atoms with Crippen LogP contribution in [0.2, 0.25) is 0 Å². The Morgan fingerprint density at radius 2 is 2.27 bits per heavy atom. The molecule has 0 amide bonds. The van der Waals surface area contributed by atoms with E-state index < -0.39 is 5.60 Å². The van der Waals surface area contributed by atoms with Gasteiger partial charge in [-0.2, -0.15) is 0 Å². The van der Waals surface area contributed by atoms with Crippen LogP contribution in [0, 0.1) is 12.3 Å². The Hall–Kier alpha value is -0.740. The van der Waals surface area contributed by atoms with E-state index in [4.69, 9.17) is 6.42 Å². The lowest BCUT2D eigenvalue weighted by atomic mass is 9.99. The molecular weight excluding hydrogens is 136 g/mol. The van der Waals surface area contributed by atoms with Crippen molar-refractivity contribution in [2.24, 2.45) is 0 Å². The maximum atomic E-state index is 9.36. The third-order valence-electron chi connectivity index (χ3n) is 1.63. The monoisotopic (exact) mass is 152 g/mol. The minimum Gasteiger partial charge on any atom is -0.378 e. The maximum Gasteiger partial charge on any atom is 0.122 e. The molecule has 1 nitrogen and oxygen atoms in total. The quantitative estimate of drug-likeness (QED) is 0.363. The molecule has 0 radical (unpaired) electrons. The van der Waals surface area contributed by atoms with Gasteiger partial charge in [0.2, 0.25) is 0 Å². The van der Waals surface area contributed by atoms with E-state index in [9.17, 15) is 5.11 Å². The van der Waals surface area contributed by atoms with E-state index in [0.29, 0.717) is 6.42 Å². The number of unbranched alkanes of at least 4 members (excludes halogenated alkanes) is 2. The lowest BCUT2D eigenvalue weighted by molar-refractivity contribution is 0.109. The first-order chi connectivity index (χ1) is 5.12. The van der Waals surface area contributed by atoms with E-state index in [1.165, 1.54) is 0 Å². The fraction of sp³-hybridized carbons (Fsp3) is 0.600. The van der Waals surface area contributed by atoms with Crippen LogP contribution in [0.1, 0.15) is 32.6 Å². The van der Waals surface area contributed by atoms with Crippen molar-refractivity contribution in [1.29, 1.82) is 0 Å². The first-order valence-electron chi connectivity index (χ1n) is 3.93. The summed E-state index contributed by atoms with van der Waals surface area (Å²) in [4.78, 5) is 0. The molecule has 11 heavy (non-hydrogen) atoms. The smallest absolute Gasteiger partial charge is 0.122 e. The summed E-state index contributed by atoms with van der Waals surface area (Å²) in [6, 6.07) is 0. The highest BCUT2D eigenvalue weighted by molar-refractivity contribution is 5.03. The average molecular weight is 152 g/mol. The summed E-state index contributed by atoms with van der Waals surface area (Å²) in [6.07, 6.45) is 10.7. The highest BCUT2D eigenvalue weighted by atomic mass is 16.3. The van der Waals surface area contributed by atoms with Gasteiger partial charge in [-0.15, -0.1) is 13.0 Å². The van der Waals surface area contributed by atoms with Crippen LogP contribution in [-0.2, 0) is 0 Å². The summed E-state index contributed by atoms with van der Waals surface area (Å²) in [5.74, 6) is 2.35. The summed E-state index contributed by atoms with van der Waals surface area (Å²) < 4.78 is 0. The highest BCUT2D eigenvalue weighted by Crippen LogP contribution is 2.12. The first-order valence-corrected chi connectivity index (χ1v) is 3.93. The van der Waals surface area contributed by atoms with Crippen LogP contribution in [0.5, 0.6) is 0 Å². The van der Waals surface area contributed by atoms with Gasteiger partial charge in [0, 0.05) is 0 Å². The van der Waals surface area contributed by atoms with E-state index in [1.54, 1.807) is 6.92 Å². The summed E-state index contributed by atoms with van der Waals surface area (Å²) in [7, 11) is 0. The van der Waals surface area contributed by atoms with Crippen molar-refractivity contribution in [2.75, 3.05) is 0 Å². The van der Waals surface area contributed by atoms with Crippen molar-refractivity contribution in [2.45, 2.75) is 38.2 Å². The van der Waals surface area contributed by atoms with Crippen LogP contribution in [0.25, 0.3) is 0 Å². The fourth-order valence-electron chi connectivity index (χ4n) is 0.830. The van der Waals surface area contributed by atoms with Gasteiger partial charge >= 0.3 is 0 Å². The molecule has 0 bridgehead atoms. The first kappa shape index (κ1) is 10.3. The second kappa shape index (κ2) is 4.98. The van der Waals surface area contributed by atoms with E-state index in [0.717, 1.165) is 19.3 Å². The number of hydrogen-bond donors (Lipinski definition) is 1. The molecule has 0 aromatic rings.